The number of nitrogens with zero attached hydrogens (tertiary/aromatic N) is 1. The van der Waals surface area contributed by atoms with Crippen molar-refractivity contribution in [3.63, 3.8) is 0 Å². The summed E-state index contributed by atoms with van der Waals surface area (Å²) in [7, 11) is 0. The molecule has 0 heterocycles. The molecule has 2 saturated carbocycles. The van der Waals surface area contributed by atoms with Gasteiger partial charge in [0, 0.05) is 11.3 Å². The maximum Gasteiger partial charge on any atom is 0.271 e. The van der Waals surface area contributed by atoms with Crippen molar-refractivity contribution in [3.05, 3.63) is 48.0 Å². The summed E-state index contributed by atoms with van der Waals surface area (Å²) in [5, 5.41) is 6.46. The number of hydrazone groups is 1. The Labute approximate surface area is 124 Å². The van der Waals surface area contributed by atoms with Crippen LogP contribution in [0, 0.1) is 11.8 Å². The summed E-state index contributed by atoms with van der Waals surface area (Å²) in [6.45, 7) is 0. The first-order valence-corrected chi connectivity index (χ1v) is 7.66. The minimum atomic E-state index is -0.109. The Morgan fingerprint density at radius 1 is 1.10 bits per heavy atom. The molecule has 2 aromatic carbocycles. The van der Waals surface area contributed by atoms with Crippen LogP contribution in [0.1, 0.15) is 36.0 Å². The molecule has 3 heteroatoms. The fraction of sp³-hybridized carbons (Fsp3) is 0.333. The molecule has 4 rings (SSSR count). The number of hydrogen-bond acceptors (Lipinski definition) is 2. The Bertz CT molecular complexity index is 730. The van der Waals surface area contributed by atoms with Crippen LogP contribution in [0.25, 0.3) is 10.8 Å². The Morgan fingerprint density at radius 3 is 2.76 bits per heavy atom. The van der Waals surface area contributed by atoms with Crippen LogP contribution in [0.5, 0.6) is 0 Å². The molecule has 2 aromatic rings. The molecular weight excluding hydrogens is 260 g/mol. The standard InChI is InChI=1S/C18H18N2O/c21-18(20-19-17-11-12-8-9-14(17)10-12)16-7-3-5-13-4-1-2-6-15(13)16/h1-7,12,14H,8-11H2,(H,20,21). The van der Waals surface area contributed by atoms with Crippen molar-refractivity contribution in [1.82, 2.24) is 5.43 Å². The van der Waals surface area contributed by atoms with Gasteiger partial charge in [0.25, 0.3) is 5.91 Å². The third kappa shape index (κ3) is 2.23. The van der Waals surface area contributed by atoms with Gasteiger partial charge in [0.15, 0.2) is 0 Å². The topological polar surface area (TPSA) is 41.5 Å². The number of nitrogens with one attached hydrogen (secondary N) is 1. The van der Waals surface area contributed by atoms with Crippen LogP contribution >= 0.6 is 0 Å². The third-order valence-corrected chi connectivity index (χ3v) is 4.85. The molecule has 3 nitrogen and oxygen atoms in total. The van der Waals surface area contributed by atoms with Gasteiger partial charge in [-0.3, -0.25) is 4.79 Å². The molecular formula is C18H18N2O. The Kier molecular flexibility index (Phi) is 2.99. The van der Waals surface area contributed by atoms with Gasteiger partial charge in [-0.2, -0.15) is 5.10 Å². The summed E-state index contributed by atoms with van der Waals surface area (Å²) in [5.41, 5.74) is 4.66. The Hall–Kier alpha value is -2.16. The number of amides is 1. The van der Waals surface area contributed by atoms with Gasteiger partial charge in [-0.25, -0.2) is 5.43 Å². The predicted octanol–water partition coefficient (Wildman–Crippen LogP) is 3.75. The number of hydrogen-bond donors (Lipinski definition) is 1. The highest BCUT2D eigenvalue weighted by atomic mass is 16.2. The molecule has 2 aliphatic rings. The molecule has 2 atom stereocenters. The highest BCUT2D eigenvalue weighted by Crippen LogP contribution is 2.42. The minimum Gasteiger partial charge on any atom is -0.267 e. The SMILES string of the molecule is O=C(NN=C1CC2CCC1C2)c1cccc2ccccc12. The first-order valence-electron chi connectivity index (χ1n) is 7.66. The average molecular weight is 278 g/mol. The number of rotatable bonds is 2. The van der Waals surface area contributed by atoms with E-state index >= 15 is 0 Å². The van der Waals surface area contributed by atoms with Gasteiger partial charge < -0.3 is 0 Å². The van der Waals surface area contributed by atoms with Crippen LogP contribution in [0.3, 0.4) is 0 Å². The second-order valence-electron chi connectivity index (χ2n) is 6.15. The molecule has 106 valence electrons. The highest BCUT2D eigenvalue weighted by molar-refractivity contribution is 6.07. The lowest BCUT2D eigenvalue weighted by atomic mass is 9.99. The molecule has 0 aromatic heterocycles. The minimum absolute atomic E-state index is 0.109. The number of benzene rings is 2. The molecule has 0 radical (unpaired) electrons. The Balaban J connectivity index is 1.58. The number of carbonyl (C=O) groups is 1. The lowest BCUT2D eigenvalue weighted by molar-refractivity contribution is 0.0956. The van der Waals surface area contributed by atoms with Crippen LogP contribution in [0.4, 0.5) is 0 Å². The van der Waals surface area contributed by atoms with E-state index in [1.54, 1.807) is 0 Å². The van der Waals surface area contributed by atoms with Gasteiger partial charge in [-0.15, -0.1) is 0 Å². The van der Waals surface area contributed by atoms with Gasteiger partial charge in [0.1, 0.15) is 0 Å². The van der Waals surface area contributed by atoms with E-state index in [9.17, 15) is 4.79 Å². The fourth-order valence-corrected chi connectivity index (χ4v) is 3.77. The van der Waals surface area contributed by atoms with Crippen molar-refractivity contribution >= 4 is 22.4 Å². The zero-order valence-electron chi connectivity index (χ0n) is 11.9. The zero-order chi connectivity index (χ0) is 14.2. The van der Waals surface area contributed by atoms with E-state index < -0.39 is 0 Å². The van der Waals surface area contributed by atoms with Gasteiger partial charge in [-0.1, -0.05) is 36.4 Å². The lowest BCUT2D eigenvalue weighted by Crippen LogP contribution is -2.22. The van der Waals surface area contributed by atoms with Crippen molar-refractivity contribution in [1.29, 1.82) is 0 Å². The predicted molar refractivity (Wildman–Crippen MR) is 84.3 cm³/mol. The van der Waals surface area contributed by atoms with Gasteiger partial charge in [0.2, 0.25) is 0 Å². The molecule has 0 aliphatic heterocycles. The van der Waals surface area contributed by atoms with Crippen molar-refractivity contribution in [3.8, 4) is 0 Å². The van der Waals surface area contributed by atoms with E-state index in [0.717, 1.165) is 23.1 Å². The van der Waals surface area contributed by atoms with Crippen LogP contribution < -0.4 is 5.43 Å². The maximum absolute atomic E-state index is 12.4. The molecule has 21 heavy (non-hydrogen) atoms. The summed E-state index contributed by atoms with van der Waals surface area (Å²) in [6.07, 6.45) is 4.91. The van der Waals surface area contributed by atoms with E-state index in [4.69, 9.17) is 0 Å². The average Bonchev–Trinajstić information content (AvgIpc) is 3.15. The zero-order valence-corrected chi connectivity index (χ0v) is 11.9. The van der Waals surface area contributed by atoms with Crippen molar-refractivity contribution in [2.75, 3.05) is 0 Å². The monoisotopic (exact) mass is 278 g/mol. The van der Waals surface area contributed by atoms with Crippen LogP contribution in [0.2, 0.25) is 0 Å². The lowest BCUT2D eigenvalue weighted by Gasteiger charge is -2.12. The van der Waals surface area contributed by atoms with Crippen LogP contribution in [-0.4, -0.2) is 11.6 Å². The largest absolute Gasteiger partial charge is 0.271 e. The van der Waals surface area contributed by atoms with Crippen molar-refractivity contribution < 1.29 is 4.79 Å². The van der Waals surface area contributed by atoms with E-state index in [0.29, 0.717) is 11.5 Å². The highest BCUT2D eigenvalue weighted by Gasteiger charge is 2.36. The van der Waals surface area contributed by atoms with Crippen molar-refractivity contribution in [2.45, 2.75) is 25.7 Å². The van der Waals surface area contributed by atoms with Crippen molar-refractivity contribution in [2.24, 2.45) is 16.9 Å². The first kappa shape index (κ1) is 12.6. The van der Waals surface area contributed by atoms with Gasteiger partial charge in [-0.05, 0) is 54.4 Å². The summed E-state index contributed by atoms with van der Waals surface area (Å²) in [5.74, 6) is 1.31. The van der Waals surface area contributed by atoms with E-state index in [2.05, 4.69) is 10.5 Å². The first-order chi connectivity index (χ1) is 10.3. The molecule has 2 aliphatic carbocycles. The molecule has 0 saturated heterocycles. The quantitative estimate of drug-likeness (QED) is 0.835. The summed E-state index contributed by atoms with van der Waals surface area (Å²) < 4.78 is 0. The van der Waals surface area contributed by atoms with Gasteiger partial charge >= 0.3 is 0 Å². The van der Waals surface area contributed by atoms with E-state index in [1.807, 2.05) is 42.5 Å². The molecule has 0 spiro atoms. The number of carbonyl (C=O) groups excluding carboxylic acids is 1. The van der Waals surface area contributed by atoms with Crippen LogP contribution in [0.15, 0.2) is 47.6 Å². The molecule has 2 unspecified atom stereocenters. The molecule has 1 amide bonds. The third-order valence-electron chi connectivity index (χ3n) is 4.85. The van der Waals surface area contributed by atoms with E-state index in [1.165, 1.54) is 25.0 Å². The molecule has 2 fully saturated rings. The molecule has 2 bridgehead atoms. The normalized spacial score (nSPS) is 25.6. The summed E-state index contributed by atoms with van der Waals surface area (Å²) in [4.78, 5) is 12.4. The van der Waals surface area contributed by atoms with Gasteiger partial charge in [0.05, 0.1) is 0 Å². The fourth-order valence-electron chi connectivity index (χ4n) is 3.77. The molecule has 1 N–H and O–H groups in total. The Morgan fingerprint density at radius 2 is 1.95 bits per heavy atom. The number of fused-ring (bicyclic) bond motifs is 3. The second-order valence-corrected chi connectivity index (χ2v) is 6.15. The summed E-state index contributed by atoms with van der Waals surface area (Å²) >= 11 is 0. The summed E-state index contributed by atoms with van der Waals surface area (Å²) in [6, 6.07) is 13.7. The van der Waals surface area contributed by atoms with E-state index in [-0.39, 0.29) is 5.91 Å². The smallest absolute Gasteiger partial charge is 0.267 e. The van der Waals surface area contributed by atoms with Crippen LogP contribution in [-0.2, 0) is 0 Å². The maximum atomic E-state index is 12.4. The second kappa shape index (κ2) is 4.99.